The maximum Gasteiger partial charge on any atom is 0.325 e. The highest BCUT2D eigenvalue weighted by molar-refractivity contribution is 6.05. The van der Waals surface area contributed by atoms with Crippen LogP contribution in [0.5, 0.6) is 0 Å². The molecule has 0 atom stereocenters. The number of hydrogen-bond acceptors (Lipinski definition) is 12. The van der Waals surface area contributed by atoms with Crippen LogP contribution in [0.2, 0.25) is 0 Å². The van der Waals surface area contributed by atoms with E-state index in [0.717, 1.165) is 21.8 Å². The zero-order valence-electron chi connectivity index (χ0n) is 28.2. The third-order valence-corrected chi connectivity index (χ3v) is 8.05. The summed E-state index contributed by atoms with van der Waals surface area (Å²) >= 11 is 0. The number of benzene rings is 2. The molecule has 3 heterocycles. The van der Waals surface area contributed by atoms with Crippen LogP contribution >= 0.6 is 0 Å². The van der Waals surface area contributed by atoms with Crippen LogP contribution in [-0.4, -0.2) is 112 Å². The highest BCUT2D eigenvalue weighted by Crippen LogP contribution is 2.31. The SMILES string of the molecule is Cn1cc(C2C(=O)OCCOCCOCCOC(=O)C(c3cn(C)c4ccccc34)C(=O)OCCOCCOCCOC2=O)c2ccccc21. The van der Waals surface area contributed by atoms with E-state index in [4.69, 9.17) is 37.9 Å². The van der Waals surface area contributed by atoms with Crippen LogP contribution in [-0.2, 0) is 71.2 Å². The van der Waals surface area contributed by atoms with Crippen LogP contribution in [0.3, 0.4) is 0 Å². The van der Waals surface area contributed by atoms with Crippen LogP contribution in [0.4, 0.5) is 0 Å². The molecule has 14 nitrogen and oxygen atoms in total. The predicted octanol–water partition coefficient (Wildman–Crippen LogP) is 2.79. The summed E-state index contributed by atoms with van der Waals surface area (Å²) < 4.78 is 47.5. The standard InChI is InChI=1S/C36H42N2O12/c1-37-23-27(25-7-3-5-9-29(25)37)31-33(39)47-19-15-43-11-13-45-17-21-49-35(41)32(28-24-38(2)30-10-6-4-8-26(28)30)36(42)50-22-18-46-14-12-44-16-20-48-34(31)40/h3-10,23-24,31-32H,11-22H2,1-2H3. The lowest BCUT2D eigenvalue weighted by atomic mass is 9.98. The lowest BCUT2D eigenvalue weighted by Crippen LogP contribution is -2.28. The van der Waals surface area contributed by atoms with E-state index in [1.807, 2.05) is 71.8 Å². The quantitative estimate of drug-likeness (QED) is 0.172. The molecule has 0 saturated carbocycles. The van der Waals surface area contributed by atoms with Crippen molar-refractivity contribution in [2.45, 2.75) is 11.8 Å². The maximum atomic E-state index is 13.2. The summed E-state index contributed by atoms with van der Waals surface area (Å²) in [7, 11) is 3.66. The molecule has 0 radical (unpaired) electrons. The van der Waals surface area contributed by atoms with Crippen molar-refractivity contribution >= 4 is 45.7 Å². The number of para-hydroxylation sites is 2. The number of carbonyl (C=O) groups excluding carboxylic acids is 4. The van der Waals surface area contributed by atoms with Crippen molar-refractivity contribution < 1.29 is 57.1 Å². The van der Waals surface area contributed by atoms with E-state index in [2.05, 4.69) is 0 Å². The first-order valence-corrected chi connectivity index (χ1v) is 16.4. The van der Waals surface area contributed by atoms with Crippen molar-refractivity contribution in [2.75, 3.05) is 79.3 Å². The summed E-state index contributed by atoms with van der Waals surface area (Å²) in [5, 5.41) is 1.46. The smallest absolute Gasteiger partial charge is 0.325 e. The normalized spacial score (nSPS) is 20.9. The summed E-state index contributed by atoms with van der Waals surface area (Å²) in [6.45, 7) is 0.552. The third kappa shape index (κ3) is 9.27. The van der Waals surface area contributed by atoms with Gasteiger partial charge in [0, 0.05) is 59.4 Å². The molecule has 2 aromatic heterocycles. The Morgan fingerprint density at radius 1 is 0.440 bits per heavy atom. The number of aromatic nitrogens is 2. The number of fused-ring (bicyclic) bond motifs is 2. The average molecular weight is 695 g/mol. The van der Waals surface area contributed by atoms with E-state index in [-0.39, 0.29) is 79.3 Å². The second-order valence-electron chi connectivity index (χ2n) is 11.4. The van der Waals surface area contributed by atoms with Gasteiger partial charge < -0.3 is 47.0 Å². The third-order valence-electron chi connectivity index (χ3n) is 8.05. The van der Waals surface area contributed by atoms with Gasteiger partial charge in [0.1, 0.15) is 26.4 Å². The largest absolute Gasteiger partial charge is 0.462 e. The van der Waals surface area contributed by atoms with Crippen LogP contribution in [0.25, 0.3) is 21.8 Å². The molecule has 0 N–H and O–H groups in total. The number of cyclic esters (lactones) is 4. The highest BCUT2D eigenvalue weighted by Gasteiger charge is 2.35. The zero-order chi connectivity index (χ0) is 35.3. The first-order chi connectivity index (χ1) is 24.4. The van der Waals surface area contributed by atoms with E-state index < -0.39 is 35.7 Å². The molecule has 0 bridgehead atoms. The Kier molecular flexibility index (Phi) is 13.4. The van der Waals surface area contributed by atoms with Crippen molar-refractivity contribution in [3.8, 4) is 0 Å². The van der Waals surface area contributed by atoms with Crippen molar-refractivity contribution in [2.24, 2.45) is 14.1 Å². The van der Waals surface area contributed by atoms with Gasteiger partial charge in [-0.2, -0.15) is 0 Å². The Hall–Kier alpha value is -4.76. The maximum absolute atomic E-state index is 13.2. The molecule has 1 aliphatic rings. The number of hydrogen-bond donors (Lipinski definition) is 0. The number of esters is 4. The van der Waals surface area contributed by atoms with Gasteiger partial charge in [-0.3, -0.25) is 19.2 Å². The van der Waals surface area contributed by atoms with Crippen LogP contribution in [0, 0.1) is 0 Å². The van der Waals surface area contributed by atoms with Gasteiger partial charge >= 0.3 is 23.9 Å². The lowest BCUT2D eigenvalue weighted by molar-refractivity contribution is -0.161. The molecule has 0 spiro atoms. The molecule has 14 heteroatoms. The number of carbonyl (C=O) groups is 4. The van der Waals surface area contributed by atoms with E-state index in [0.29, 0.717) is 11.1 Å². The van der Waals surface area contributed by atoms with Crippen LogP contribution in [0.15, 0.2) is 60.9 Å². The summed E-state index contributed by atoms with van der Waals surface area (Å²) in [6.07, 6.45) is 3.44. The van der Waals surface area contributed by atoms with Crippen molar-refractivity contribution in [1.29, 1.82) is 0 Å². The summed E-state index contributed by atoms with van der Waals surface area (Å²) in [4.78, 5) is 52.9. The molecule has 0 aliphatic carbocycles. The Labute approximate surface area is 289 Å². The van der Waals surface area contributed by atoms with Crippen molar-refractivity contribution in [1.82, 2.24) is 9.13 Å². The average Bonchev–Trinajstić information content (AvgIpc) is 3.62. The van der Waals surface area contributed by atoms with Gasteiger partial charge in [-0.1, -0.05) is 36.4 Å². The number of aryl methyl sites for hydroxylation is 2. The second kappa shape index (κ2) is 18.3. The molecule has 5 rings (SSSR count). The monoisotopic (exact) mass is 694 g/mol. The Morgan fingerprint density at radius 3 is 1.04 bits per heavy atom. The fraction of sp³-hybridized carbons (Fsp3) is 0.444. The molecule has 4 aromatic rings. The summed E-state index contributed by atoms with van der Waals surface area (Å²) in [6, 6.07) is 14.8. The second-order valence-corrected chi connectivity index (χ2v) is 11.4. The number of nitrogens with zero attached hydrogens (tertiary/aromatic N) is 2. The van der Waals surface area contributed by atoms with Gasteiger partial charge in [-0.05, 0) is 12.1 Å². The Bertz CT molecular complexity index is 1590. The Morgan fingerprint density at radius 2 is 0.720 bits per heavy atom. The van der Waals surface area contributed by atoms with Crippen molar-refractivity contribution in [3.05, 3.63) is 72.1 Å². The number of ether oxygens (including phenoxy) is 8. The molecule has 0 unspecified atom stereocenters. The summed E-state index contributed by atoms with van der Waals surface area (Å²) in [5.74, 6) is -5.65. The van der Waals surface area contributed by atoms with Gasteiger partial charge in [-0.25, -0.2) is 0 Å². The highest BCUT2D eigenvalue weighted by atomic mass is 16.6. The molecule has 268 valence electrons. The molecule has 0 amide bonds. The molecule has 1 saturated heterocycles. The molecular weight excluding hydrogens is 652 g/mol. The molecule has 50 heavy (non-hydrogen) atoms. The van der Waals surface area contributed by atoms with E-state index >= 15 is 0 Å². The van der Waals surface area contributed by atoms with Crippen LogP contribution < -0.4 is 0 Å². The van der Waals surface area contributed by atoms with Gasteiger partial charge in [-0.15, -0.1) is 0 Å². The minimum absolute atomic E-state index is 0.0616. The topological polar surface area (TPSA) is 152 Å². The van der Waals surface area contributed by atoms with Gasteiger partial charge in [0.25, 0.3) is 0 Å². The molecule has 2 aromatic carbocycles. The number of rotatable bonds is 2. The van der Waals surface area contributed by atoms with Gasteiger partial charge in [0.2, 0.25) is 0 Å². The first kappa shape index (κ1) is 36.5. The van der Waals surface area contributed by atoms with E-state index in [9.17, 15) is 19.2 Å². The Balaban J connectivity index is 1.19. The fourth-order valence-corrected chi connectivity index (χ4v) is 5.69. The zero-order valence-corrected chi connectivity index (χ0v) is 28.2. The minimum Gasteiger partial charge on any atom is -0.462 e. The molecule has 1 fully saturated rings. The summed E-state index contributed by atoms with van der Waals surface area (Å²) in [5.41, 5.74) is 2.64. The molecule has 1 aliphatic heterocycles. The van der Waals surface area contributed by atoms with E-state index in [1.54, 1.807) is 12.4 Å². The minimum atomic E-state index is -1.31. The predicted molar refractivity (Wildman–Crippen MR) is 178 cm³/mol. The van der Waals surface area contributed by atoms with Gasteiger partial charge in [0.05, 0.1) is 52.9 Å². The van der Waals surface area contributed by atoms with Crippen molar-refractivity contribution in [3.63, 3.8) is 0 Å². The fourth-order valence-electron chi connectivity index (χ4n) is 5.69. The van der Waals surface area contributed by atoms with E-state index in [1.165, 1.54) is 0 Å². The lowest BCUT2D eigenvalue weighted by Gasteiger charge is -2.16. The first-order valence-electron chi connectivity index (χ1n) is 16.4. The molecular formula is C36H42N2O12. The van der Waals surface area contributed by atoms with Gasteiger partial charge in [0.15, 0.2) is 11.8 Å². The van der Waals surface area contributed by atoms with Crippen LogP contribution in [0.1, 0.15) is 23.0 Å².